The first-order valence-corrected chi connectivity index (χ1v) is 4.35. The summed E-state index contributed by atoms with van der Waals surface area (Å²) in [6, 6.07) is 1.68. The number of nitrogens with one attached hydrogen (secondary N) is 1. The van der Waals surface area contributed by atoms with Crippen LogP contribution in [0.3, 0.4) is 0 Å². The van der Waals surface area contributed by atoms with E-state index in [0.717, 1.165) is 11.3 Å². The number of alkyl halides is 3. The summed E-state index contributed by atoms with van der Waals surface area (Å²) in [5.41, 5.74) is 0.789. The van der Waals surface area contributed by atoms with Gasteiger partial charge in [0.05, 0.1) is 12.8 Å². The van der Waals surface area contributed by atoms with Crippen LogP contribution in [0.25, 0.3) is 0 Å². The topological polar surface area (TPSA) is 25.2 Å². The zero-order chi connectivity index (χ0) is 10.6. The van der Waals surface area contributed by atoms with Crippen LogP contribution in [0.4, 0.5) is 13.2 Å². The number of furan rings is 1. The summed E-state index contributed by atoms with van der Waals surface area (Å²) in [5, 5.41) is 2.32. The summed E-state index contributed by atoms with van der Waals surface area (Å²) in [6.45, 7) is 1.12. The van der Waals surface area contributed by atoms with Gasteiger partial charge in [0.25, 0.3) is 0 Å². The molecule has 2 nitrogen and oxygen atoms in total. The van der Waals surface area contributed by atoms with E-state index in [2.05, 4.69) is 5.32 Å². The maximum atomic E-state index is 11.8. The van der Waals surface area contributed by atoms with Gasteiger partial charge in [0.15, 0.2) is 0 Å². The lowest BCUT2D eigenvalue weighted by molar-refractivity contribution is -0.125. The molecule has 1 aromatic rings. The molecule has 1 N–H and O–H groups in total. The summed E-state index contributed by atoms with van der Waals surface area (Å²) in [6.07, 6.45) is -1.98. The molecule has 1 heterocycles. The van der Waals surface area contributed by atoms with E-state index in [4.69, 9.17) is 4.42 Å². The molecule has 0 aliphatic carbocycles. The highest BCUT2D eigenvalue weighted by atomic mass is 19.4. The van der Waals surface area contributed by atoms with Gasteiger partial charge in [-0.05, 0) is 6.07 Å². The van der Waals surface area contributed by atoms with Gasteiger partial charge < -0.3 is 9.73 Å². The zero-order valence-electron chi connectivity index (χ0n) is 7.82. The molecular weight excluding hydrogens is 195 g/mol. The Hall–Kier alpha value is -0.970. The van der Waals surface area contributed by atoms with Gasteiger partial charge >= 0.3 is 6.18 Å². The van der Waals surface area contributed by atoms with E-state index in [1.54, 1.807) is 6.07 Å². The zero-order valence-corrected chi connectivity index (χ0v) is 7.82. The largest absolute Gasteiger partial charge is 0.469 e. The quantitative estimate of drug-likeness (QED) is 0.820. The highest BCUT2D eigenvalue weighted by Gasteiger charge is 2.26. The molecule has 80 valence electrons. The van der Waals surface area contributed by atoms with E-state index < -0.39 is 12.7 Å². The van der Waals surface area contributed by atoms with Crippen LogP contribution in [0.5, 0.6) is 0 Å². The summed E-state index contributed by atoms with van der Waals surface area (Å²) >= 11 is 0. The predicted octanol–water partition coefficient (Wildman–Crippen LogP) is 2.49. The molecule has 5 heteroatoms. The van der Waals surface area contributed by atoms with Crippen molar-refractivity contribution in [3.8, 4) is 0 Å². The van der Waals surface area contributed by atoms with Gasteiger partial charge in [0, 0.05) is 18.5 Å². The molecule has 14 heavy (non-hydrogen) atoms. The van der Waals surface area contributed by atoms with Crippen molar-refractivity contribution in [3.63, 3.8) is 0 Å². The molecule has 0 aliphatic rings. The molecule has 0 atom stereocenters. The maximum Gasteiger partial charge on any atom is 0.401 e. The predicted molar refractivity (Wildman–Crippen MR) is 45.8 cm³/mol. The molecule has 0 saturated heterocycles. The smallest absolute Gasteiger partial charge is 0.401 e. The Morgan fingerprint density at radius 2 is 2.14 bits per heavy atom. The summed E-state index contributed by atoms with van der Waals surface area (Å²) in [7, 11) is 0. The second-order valence-electron chi connectivity index (χ2n) is 2.94. The lowest BCUT2D eigenvalue weighted by atomic mass is 10.2. The molecule has 0 spiro atoms. The molecule has 0 aliphatic heterocycles. The van der Waals surface area contributed by atoms with Crippen LogP contribution < -0.4 is 5.32 Å². The van der Waals surface area contributed by atoms with Crippen molar-refractivity contribution in [1.29, 1.82) is 0 Å². The first-order chi connectivity index (χ1) is 6.53. The number of aryl methyl sites for hydroxylation is 1. The standard InChI is InChI=1S/C9H12F3NO/c1-2-8-7(3-4-14-8)5-13-6-9(10,11)12/h3-4,13H,2,5-6H2,1H3. The Morgan fingerprint density at radius 3 is 2.71 bits per heavy atom. The first kappa shape index (κ1) is 11.1. The summed E-state index contributed by atoms with van der Waals surface area (Å²) in [5.74, 6) is 0.736. The van der Waals surface area contributed by atoms with E-state index in [1.807, 2.05) is 6.92 Å². The van der Waals surface area contributed by atoms with Crippen molar-refractivity contribution >= 4 is 0 Å². The second kappa shape index (κ2) is 4.50. The van der Waals surface area contributed by atoms with Gasteiger partial charge in [-0.25, -0.2) is 0 Å². The van der Waals surface area contributed by atoms with Gasteiger partial charge in [-0.1, -0.05) is 6.92 Å². The fourth-order valence-corrected chi connectivity index (χ4v) is 1.17. The first-order valence-electron chi connectivity index (χ1n) is 4.35. The summed E-state index contributed by atoms with van der Waals surface area (Å²) in [4.78, 5) is 0. The monoisotopic (exact) mass is 207 g/mol. The molecule has 0 aromatic carbocycles. The van der Waals surface area contributed by atoms with Crippen LogP contribution in [0.15, 0.2) is 16.7 Å². The summed E-state index contributed by atoms with van der Waals surface area (Å²) < 4.78 is 40.4. The van der Waals surface area contributed by atoms with Crippen molar-refractivity contribution < 1.29 is 17.6 Å². The van der Waals surface area contributed by atoms with Crippen LogP contribution >= 0.6 is 0 Å². The minimum atomic E-state index is -4.16. The third kappa shape index (κ3) is 3.41. The fraction of sp³-hybridized carbons (Fsp3) is 0.556. The Bertz CT molecular complexity index is 280. The van der Waals surface area contributed by atoms with E-state index in [0.29, 0.717) is 6.42 Å². The molecule has 0 amide bonds. The third-order valence-electron chi connectivity index (χ3n) is 1.80. The van der Waals surface area contributed by atoms with Crippen LogP contribution in [0.2, 0.25) is 0 Å². The van der Waals surface area contributed by atoms with E-state index >= 15 is 0 Å². The molecule has 0 saturated carbocycles. The minimum Gasteiger partial charge on any atom is -0.469 e. The van der Waals surface area contributed by atoms with Gasteiger partial charge in [-0.15, -0.1) is 0 Å². The second-order valence-corrected chi connectivity index (χ2v) is 2.94. The van der Waals surface area contributed by atoms with Crippen molar-refractivity contribution in [3.05, 3.63) is 23.7 Å². The van der Waals surface area contributed by atoms with Gasteiger partial charge in [0.1, 0.15) is 5.76 Å². The molecular formula is C9H12F3NO. The number of hydrogen-bond donors (Lipinski definition) is 1. The van der Waals surface area contributed by atoms with Crippen LogP contribution in [-0.4, -0.2) is 12.7 Å². The van der Waals surface area contributed by atoms with E-state index in [-0.39, 0.29) is 6.54 Å². The number of halogens is 3. The Labute approximate surface area is 80.1 Å². The number of rotatable bonds is 4. The SMILES string of the molecule is CCc1occc1CNCC(F)(F)F. The van der Waals surface area contributed by atoms with Crippen LogP contribution in [0.1, 0.15) is 18.2 Å². The van der Waals surface area contributed by atoms with Crippen molar-refractivity contribution in [2.75, 3.05) is 6.54 Å². The van der Waals surface area contributed by atoms with Crippen LogP contribution in [-0.2, 0) is 13.0 Å². The molecule has 1 rings (SSSR count). The Balaban J connectivity index is 2.38. The van der Waals surface area contributed by atoms with Gasteiger partial charge in [0.2, 0.25) is 0 Å². The lowest BCUT2D eigenvalue weighted by Crippen LogP contribution is -2.28. The fourth-order valence-electron chi connectivity index (χ4n) is 1.17. The molecule has 1 aromatic heterocycles. The van der Waals surface area contributed by atoms with E-state index in [9.17, 15) is 13.2 Å². The van der Waals surface area contributed by atoms with Crippen molar-refractivity contribution in [2.45, 2.75) is 26.1 Å². The lowest BCUT2D eigenvalue weighted by Gasteiger charge is -2.07. The average Bonchev–Trinajstić information content (AvgIpc) is 2.49. The van der Waals surface area contributed by atoms with E-state index in [1.165, 1.54) is 6.26 Å². The minimum absolute atomic E-state index is 0.194. The molecule has 0 unspecified atom stereocenters. The molecule has 0 bridgehead atoms. The van der Waals surface area contributed by atoms with Gasteiger partial charge in [-0.2, -0.15) is 13.2 Å². The van der Waals surface area contributed by atoms with Gasteiger partial charge in [-0.3, -0.25) is 0 Å². The highest BCUT2D eigenvalue weighted by molar-refractivity contribution is 5.16. The Morgan fingerprint density at radius 1 is 1.43 bits per heavy atom. The normalized spacial score (nSPS) is 12.0. The third-order valence-corrected chi connectivity index (χ3v) is 1.80. The highest BCUT2D eigenvalue weighted by Crippen LogP contribution is 2.14. The number of hydrogen-bond acceptors (Lipinski definition) is 2. The average molecular weight is 207 g/mol. The molecule has 0 radical (unpaired) electrons. The maximum absolute atomic E-state index is 11.8. The van der Waals surface area contributed by atoms with Crippen molar-refractivity contribution in [1.82, 2.24) is 5.32 Å². The van der Waals surface area contributed by atoms with Crippen molar-refractivity contribution in [2.24, 2.45) is 0 Å². The van der Waals surface area contributed by atoms with Crippen LogP contribution in [0, 0.1) is 0 Å². The molecule has 0 fully saturated rings. The Kier molecular flexibility index (Phi) is 3.57.